The number of methoxy groups -OCH3 is 2. The van der Waals surface area contributed by atoms with E-state index in [1.807, 2.05) is 152 Å². The fraction of sp³-hybridized carbons (Fsp3) is 0.163. The van der Waals surface area contributed by atoms with Crippen LogP contribution in [0.2, 0.25) is 0 Å². The minimum atomic E-state index is -1.24. The van der Waals surface area contributed by atoms with E-state index < -0.39 is 36.6 Å². The highest BCUT2D eigenvalue weighted by atomic mass is 16.7. The van der Waals surface area contributed by atoms with E-state index >= 15 is 0 Å². The number of hydrogen-bond acceptors (Lipinski definition) is 6. The Labute approximate surface area is 293 Å². The molecule has 1 fully saturated rings. The Hall–Kier alpha value is -5.20. The third-order valence-electron chi connectivity index (χ3n) is 9.43. The van der Waals surface area contributed by atoms with Crippen molar-refractivity contribution in [1.82, 2.24) is 0 Å². The smallest absolute Gasteiger partial charge is 0.466 e. The molecule has 0 radical (unpaired) electrons. The van der Waals surface area contributed by atoms with Crippen LogP contribution in [0.1, 0.15) is 39.7 Å². The van der Waals surface area contributed by atoms with Crippen LogP contribution in [-0.2, 0) is 30.0 Å². The summed E-state index contributed by atoms with van der Waals surface area (Å²) in [6.45, 7) is 0. The van der Waals surface area contributed by atoms with Gasteiger partial charge in [0.15, 0.2) is 6.10 Å². The highest BCUT2D eigenvalue weighted by Crippen LogP contribution is 2.50. The minimum Gasteiger partial charge on any atom is -0.466 e. The van der Waals surface area contributed by atoms with Crippen molar-refractivity contribution in [3.05, 3.63) is 198 Å². The summed E-state index contributed by atoms with van der Waals surface area (Å²) in [6.07, 6.45) is -1.34. The lowest BCUT2D eigenvalue weighted by Crippen LogP contribution is -2.56. The molecule has 0 amide bonds. The Morgan fingerprint density at radius 2 is 0.960 bits per heavy atom. The molecule has 7 rings (SSSR count). The lowest BCUT2D eigenvalue weighted by atomic mass is 9.71. The topological polar surface area (TPSA) is 70.3 Å². The van der Waals surface area contributed by atoms with Crippen LogP contribution in [0.15, 0.2) is 168 Å². The van der Waals surface area contributed by atoms with Gasteiger partial charge in [0, 0.05) is 25.2 Å². The molecule has 1 aliphatic rings. The van der Waals surface area contributed by atoms with Crippen LogP contribution in [0, 0.1) is 11.8 Å². The summed E-state index contributed by atoms with van der Waals surface area (Å²) < 4.78 is 33.6. The molecular formula is C43H37BO6. The summed E-state index contributed by atoms with van der Waals surface area (Å²) in [6, 6.07) is 51.4. The van der Waals surface area contributed by atoms with Crippen molar-refractivity contribution in [2.75, 3.05) is 14.2 Å². The second kappa shape index (κ2) is 14.7. The first kappa shape index (κ1) is 33.3. The van der Waals surface area contributed by atoms with E-state index in [0.717, 1.165) is 27.8 Å². The summed E-state index contributed by atoms with van der Waals surface area (Å²) in [5, 5.41) is 11.3. The Morgan fingerprint density at radius 1 is 0.580 bits per heavy atom. The van der Waals surface area contributed by atoms with Gasteiger partial charge in [0.25, 0.3) is 0 Å². The van der Waals surface area contributed by atoms with E-state index in [9.17, 15) is 5.11 Å². The van der Waals surface area contributed by atoms with Crippen LogP contribution in [0.3, 0.4) is 0 Å². The number of rotatable bonds is 10. The molecule has 1 aromatic heterocycles. The molecule has 0 spiro atoms. The Kier molecular flexibility index (Phi) is 9.82. The molecule has 6 aromatic rings. The normalized spacial score (nSPS) is 16.8. The molecule has 2 heterocycles. The molecule has 1 saturated heterocycles. The van der Waals surface area contributed by atoms with Crippen molar-refractivity contribution in [1.29, 1.82) is 0 Å². The average Bonchev–Trinajstić information content (AvgIpc) is 3.86. The SMILES string of the molecule is COC(c1ccccc1)(c1ccccc1)[C@@H]1OB(c2ccoc2[C@@H](O)C#Cc2ccccc2)O[C@H]1C(OC)(c1ccccc1)c1ccccc1. The molecule has 0 unspecified atom stereocenters. The Balaban J connectivity index is 1.43. The summed E-state index contributed by atoms with van der Waals surface area (Å²) >= 11 is 0. The fourth-order valence-electron chi connectivity index (χ4n) is 7.13. The molecule has 6 nitrogen and oxygen atoms in total. The maximum absolute atomic E-state index is 11.3. The zero-order valence-corrected chi connectivity index (χ0v) is 27.9. The number of hydrogen-bond donors (Lipinski definition) is 1. The lowest BCUT2D eigenvalue weighted by Gasteiger charge is -2.46. The van der Waals surface area contributed by atoms with Gasteiger partial charge < -0.3 is 28.3 Å². The molecule has 5 aromatic carbocycles. The third kappa shape index (κ3) is 5.98. The fourth-order valence-corrected chi connectivity index (χ4v) is 7.13. The monoisotopic (exact) mass is 660 g/mol. The number of ether oxygens (including phenoxy) is 2. The van der Waals surface area contributed by atoms with Crippen LogP contribution in [-0.4, -0.2) is 38.7 Å². The summed E-state index contributed by atoms with van der Waals surface area (Å²) in [4.78, 5) is 0. The van der Waals surface area contributed by atoms with E-state index in [0.29, 0.717) is 5.46 Å². The Bertz CT molecular complexity index is 1850. The summed E-state index contributed by atoms with van der Waals surface area (Å²) in [5.41, 5.74) is 2.44. The van der Waals surface area contributed by atoms with E-state index in [2.05, 4.69) is 11.8 Å². The van der Waals surface area contributed by atoms with Crippen LogP contribution >= 0.6 is 0 Å². The highest BCUT2D eigenvalue weighted by molar-refractivity contribution is 6.62. The summed E-state index contributed by atoms with van der Waals surface area (Å²) in [7, 11) is 2.40. The molecule has 3 atom stereocenters. The lowest BCUT2D eigenvalue weighted by molar-refractivity contribution is -0.136. The zero-order chi connectivity index (χ0) is 34.4. The van der Waals surface area contributed by atoms with Crippen LogP contribution in [0.4, 0.5) is 0 Å². The van der Waals surface area contributed by atoms with Crippen LogP contribution in [0.5, 0.6) is 0 Å². The van der Waals surface area contributed by atoms with Gasteiger partial charge in [-0.2, -0.15) is 0 Å². The van der Waals surface area contributed by atoms with Crippen molar-refractivity contribution in [3.63, 3.8) is 0 Å². The average molecular weight is 661 g/mol. The van der Waals surface area contributed by atoms with Gasteiger partial charge in [-0.3, -0.25) is 0 Å². The number of furan rings is 1. The highest BCUT2D eigenvalue weighted by Gasteiger charge is 2.62. The second-order valence-corrected chi connectivity index (χ2v) is 12.1. The molecule has 0 aliphatic carbocycles. The van der Waals surface area contributed by atoms with Gasteiger partial charge in [-0.05, 0) is 40.5 Å². The zero-order valence-electron chi connectivity index (χ0n) is 27.9. The van der Waals surface area contributed by atoms with Crippen molar-refractivity contribution in [2.24, 2.45) is 0 Å². The van der Waals surface area contributed by atoms with Crippen molar-refractivity contribution >= 4 is 12.6 Å². The molecule has 0 saturated carbocycles. The quantitative estimate of drug-likeness (QED) is 0.126. The van der Waals surface area contributed by atoms with Crippen LogP contribution < -0.4 is 5.46 Å². The summed E-state index contributed by atoms with van der Waals surface area (Å²) in [5.74, 6) is 6.20. The van der Waals surface area contributed by atoms with Crippen LogP contribution in [0.25, 0.3) is 0 Å². The van der Waals surface area contributed by atoms with Gasteiger partial charge in [0.05, 0.1) is 6.26 Å². The van der Waals surface area contributed by atoms with Crippen molar-refractivity contribution in [3.8, 4) is 11.8 Å². The molecule has 1 N–H and O–H groups in total. The number of aliphatic hydroxyl groups is 1. The first-order chi connectivity index (χ1) is 24.6. The van der Waals surface area contributed by atoms with E-state index in [1.54, 1.807) is 20.3 Å². The molecule has 50 heavy (non-hydrogen) atoms. The largest absolute Gasteiger partial charge is 0.498 e. The molecule has 1 aliphatic heterocycles. The van der Waals surface area contributed by atoms with Gasteiger partial charge in [0.1, 0.15) is 29.2 Å². The van der Waals surface area contributed by atoms with Gasteiger partial charge in [-0.25, -0.2) is 0 Å². The van der Waals surface area contributed by atoms with E-state index in [1.165, 1.54) is 6.26 Å². The maximum Gasteiger partial charge on any atom is 0.498 e. The van der Waals surface area contributed by atoms with Crippen molar-refractivity contribution < 1.29 is 28.3 Å². The van der Waals surface area contributed by atoms with Gasteiger partial charge in [-0.1, -0.05) is 151 Å². The Morgan fingerprint density at radius 3 is 1.34 bits per heavy atom. The van der Waals surface area contributed by atoms with Gasteiger partial charge in [0.2, 0.25) is 0 Å². The molecule has 7 heteroatoms. The first-order valence-corrected chi connectivity index (χ1v) is 16.6. The number of benzene rings is 5. The van der Waals surface area contributed by atoms with E-state index in [4.69, 9.17) is 23.2 Å². The van der Waals surface area contributed by atoms with Crippen molar-refractivity contribution in [2.45, 2.75) is 29.5 Å². The van der Waals surface area contributed by atoms with Gasteiger partial charge >= 0.3 is 7.12 Å². The predicted molar refractivity (Wildman–Crippen MR) is 193 cm³/mol. The van der Waals surface area contributed by atoms with Gasteiger partial charge in [-0.15, -0.1) is 0 Å². The molecule has 0 bridgehead atoms. The predicted octanol–water partition coefficient (Wildman–Crippen LogP) is 7.02. The molecule has 248 valence electrons. The third-order valence-corrected chi connectivity index (χ3v) is 9.43. The molecular weight excluding hydrogens is 623 g/mol. The first-order valence-electron chi connectivity index (χ1n) is 16.6. The maximum atomic E-state index is 11.3. The standard InChI is InChI=1S/C43H37BO6/c1-46-42(33-20-10-4-11-21-33,34-22-12-5-13-23-34)40-41(43(47-2,35-24-14-6-15-25-35)36-26-16-7-17-27-36)50-44(49-40)37-30-31-48-39(37)38(45)29-28-32-18-8-3-9-19-32/h3-27,30-31,38,40-41,45H,1-2H3/t38-,40+,41+/m0/s1. The second-order valence-electron chi connectivity index (χ2n) is 12.1. The number of aliphatic hydroxyl groups excluding tert-OH is 1. The van der Waals surface area contributed by atoms with E-state index in [-0.39, 0.29) is 5.76 Å². The minimum absolute atomic E-state index is 0.239.